The Morgan fingerprint density at radius 1 is 1.12 bits per heavy atom. The van der Waals surface area contributed by atoms with Crippen molar-refractivity contribution in [2.24, 2.45) is 0 Å². The SMILES string of the molecule is O=C(c1cnc2ccccc2n1)N(Cc1ccc(F)cc1F)C1CC1. The van der Waals surface area contributed by atoms with Crippen molar-refractivity contribution < 1.29 is 13.6 Å². The molecule has 1 saturated carbocycles. The maximum atomic E-state index is 14.0. The van der Waals surface area contributed by atoms with Crippen LogP contribution in [-0.2, 0) is 6.54 Å². The summed E-state index contributed by atoms with van der Waals surface area (Å²) in [4.78, 5) is 23.1. The Kier molecular flexibility index (Phi) is 3.87. The number of benzene rings is 2. The highest BCUT2D eigenvalue weighted by atomic mass is 19.1. The smallest absolute Gasteiger partial charge is 0.274 e. The fourth-order valence-electron chi connectivity index (χ4n) is 2.79. The molecule has 3 aromatic rings. The van der Waals surface area contributed by atoms with Gasteiger partial charge >= 0.3 is 0 Å². The molecule has 6 heteroatoms. The quantitative estimate of drug-likeness (QED) is 0.728. The van der Waals surface area contributed by atoms with E-state index in [1.54, 1.807) is 11.0 Å². The fourth-order valence-corrected chi connectivity index (χ4v) is 2.79. The van der Waals surface area contributed by atoms with E-state index in [4.69, 9.17) is 0 Å². The average molecular weight is 339 g/mol. The van der Waals surface area contributed by atoms with E-state index in [0.29, 0.717) is 11.0 Å². The van der Waals surface area contributed by atoms with Crippen LogP contribution in [0.2, 0.25) is 0 Å². The molecule has 1 heterocycles. The summed E-state index contributed by atoms with van der Waals surface area (Å²) in [6.45, 7) is 0.0874. The normalized spacial score (nSPS) is 13.8. The number of hydrogen-bond acceptors (Lipinski definition) is 3. The number of carbonyl (C=O) groups excluding carboxylic acids is 1. The van der Waals surface area contributed by atoms with Gasteiger partial charge in [0.05, 0.1) is 17.2 Å². The highest BCUT2D eigenvalue weighted by molar-refractivity contribution is 5.94. The van der Waals surface area contributed by atoms with Crippen molar-refractivity contribution in [2.75, 3.05) is 0 Å². The molecule has 0 saturated heterocycles. The number of para-hydroxylation sites is 2. The molecule has 0 radical (unpaired) electrons. The largest absolute Gasteiger partial charge is 0.330 e. The van der Waals surface area contributed by atoms with Gasteiger partial charge in [0.2, 0.25) is 0 Å². The van der Waals surface area contributed by atoms with Gasteiger partial charge in [0.1, 0.15) is 17.3 Å². The van der Waals surface area contributed by atoms with Crippen LogP contribution in [0.5, 0.6) is 0 Å². The Balaban J connectivity index is 1.64. The van der Waals surface area contributed by atoms with Crippen molar-refractivity contribution >= 4 is 16.9 Å². The van der Waals surface area contributed by atoms with Crippen molar-refractivity contribution in [1.82, 2.24) is 14.9 Å². The van der Waals surface area contributed by atoms with Gasteiger partial charge in [-0.05, 0) is 31.0 Å². The van der Waals surface area contributed by atoms with Gasteiger partial charge < -0.3 is 4.90 Å². The number of halogens is 2. The number of aromatic nitrogens is 2. The van der Waals surface area contributed by atoms with Gasteiger partial charge in [0, 0.05) is 24.2 Å². The Morgan fingerprint density at radius 3 is 2.60 bits per heavy atom. The van der Waals surface area contributed by atoms with E-state index in [1.165, 1.54) is 18.3 Å². The Hall–Kier alpha value is -2.89. The summed E-state index contributed by atoms with van der Waals surface area (Å²) in [5.74, 6) is -1.57. The van der Waals surface area contributed by atoms with Crippen LogP contribution >= 0.6 is 0 Å². The molecule has 4 nitrogen and oxygen atoms in total. The Morgan fingerprint density at radius 2 is 1.88 bits per heavy atom. The lowest BCUT2D eigenvalue weighted by atomic mass is 10.2. The molecule has 0 N–H and O–H groups in total. The summed E-state index contributed by atoms with van der Waals surface area (Å²) in [6, 6.07) is 10.8. The van der Waals surface area contributed by atoms with Crippen molar-refractivity contribution in [3.63, 3.8) is 0 Å². The number of carbonyl (C=O) groups is 1. The van der Waals surface area contributed by atoms with E-state index in [1.807, 2.05) is 18.2 Å². The predicted octanol–water partition coefficient (Wildman–Crippen LogP) is 3.71. The van der Waals surface area contributed by atoms with E-state index < -0.39 is 11.6 Å². The molecular formula is C19H15F2N3O. The van der Waals surface area contributed by atoms with Gasteiger partial charge in [-0.15, -0.1) is 0 Å². The predicted molar refractivity (Wildman–Crippen MR) is 88.8 cm³/mol. The van der Waals surface area contributed by atoms with E-state index in [2.05, 4.69) is 9.97 Å². The van der Waals surface area contributed by atoms with Gasteiger partial charge in [-0.3, -0.25) is 9.78 Å². The molecular weight excluding hydrogens is 324 g/mol. The van der Waals surface area contributed by atoms with Gasteiger partial charge in [-0.1, -0.05) is 18.2 Å². The van der Waals surface area contributed by atoms with Gasteiger partial charge in [-0.25, -0.2) is 13.8 Å². The third kappa shape index (κ3) is 3.20. The second-order valence-electron chi connectivity index (χ2n) is 6.14. The zero-order valence-electron chi connectivity index (χ0n) is 13.3. The Bertz CT molecular complexity index is 956. The van der Waals surface area contributed by atoms with Gasteiger partial charge in [0.25, 0.3) is 5.91 Å². The minimum atomic E-state index is -0.650. The van der Waals surface area contributed by atoms with Crippen LogP contribution in [0.4, 0.5) is 8.78 Å². The maximum absolute atomic E-state index is 14.0. The molecule has 25 heavy (non-hydrogen) atoms. The number of amides is 1. The summed E-state index contributed by atoms with van der Waals surface area (Å²) in [7, 11) is 0. The molecule has 2 aromatic carbocycles. The van der Waals surface area contributed by atoms with Crippen molar-refractivity contribution in [1.29, 1.82) is 0 Å². The molecule has 0 bridgehead atoms. The third-order valence-corrected chi connectivity index (χ3v) is 4.27. The number of nitrogens with zero attached hydrogens (tertiary/aromatic N) is 3. The zero-order valence-corrected chi connectivity index (χ0v) is 13.3. The highest BCUT2D eigenvalue weighted by Crippen LogP contribution is 2.30. The summed E-state index contributed by atoms with van der Waals surface area (Å²) in [5, 5.41) is 0. The molecule has 1 aromatic heterocycles. The van der Waals surface area contributed by atoms with Crippen molar-refractivity contribution in [3.8, 4) is 0 Å². The van der Waals surface area contributed by atoms with Crippen LogP contribution in [0.3, 0.4) is 0 Å². The van der Waals surface area contributed by atoms with Crippen molar-refractivity contribution in [2.45, 2.75) is 25.4 Å². The zero-order chi connectivity index (χ0) is 17.4. The first-order chi connectivity index (χ1) is 12.1. The van der Waals surface area contributed by atoms with Crippen LogP contribution in [0.1, 0.15) is 28.9 Å². The van der Waals surface area contributed by atoms with E-state index in [-0.39, 0.29) is 29.8 Å². The molecule has 1 amide bonds. The second-order valence-corrected chi connectivity index (χ2v) is 6.14. The van der Waals surface area contributed by atoms with Crippen LogP contribution in [0.15, 0.2) is 48.7 Å². The lowest BCUT2D eigenvalue weighted by Crippen LogP contribution is -2.33. The lowest BCUT2D eigenvalue weighted by molar-refractivity contribution is 0.0722. The van der Waals surface area contributed by atoms with Gasteiger partial charge in [0.15, 0.2) is 0 Å². The average Bonchev–Trinajstić information content (AvgIpc) is 3.45. The molecule has 1 aliphatic carbocycles. The molecule has 4 rings (SSSR count). The van der Waals surface area contributed by atoms with E-state index in [9.17, 15) is 13.6 Å². The molecule has 1 aliphatic rings. The van der Waals surface area contributed by atoms with Crippen molar-refractivity contribution in [3.05, 3.63) is 71.6 Å². The minimum Gasteiger partial charge on any atom is -0.330 e. The number of fused-ring (bicyclic) bond motifs is 1. The van der Waals surface area contributed by atoms with Crippen LogP contribution < -0.4 is 0 Å². The van der Waals surface area contributed by atoms with Crippen LogP contribution in [0.25, 0.3) is 11.0 Å². The molecule has 0 unspecified atom stereocenters. The second kappa shape index (κ2) is 6.20. The first-order valence-electron chi connectivity index (χ1n) is 8.08. The first kappa shape index (κ1) is 15.6. The maximum Gasteiger partial charge on any atom is 0.274 e. The fraction of sp³-hybridized carbons (Fsp3) is 0.211. The van der Waals surface area contributed by atoms with Crippen LogP contribution in [0, 0.1) is 11.6 Å². The molecule has 0 spiro atoms. The summed E-state index contributed by atoms with van der Waals surface area (Å²) in [5.41, 5.74) is 1.86. The Labute approximate surface area is 143 Å². The summed E-state index contributed by atoms with van der Waals surface area (Å²) < 4.78 is 27.1. The van der Waals surface area contributed by atoms with E-state index in [0.717, 1.165) is 18.9 Å². The number of hydrogen-bond donors (Lipinski definition) is 0. The minimum absolute atomic E-state index is 0.0604. The summed E-state index contributed by atoms with van der Waals surface area (Å²) >= 11 is 0. The number of rotatable bonds is 4. The highest BCUT2D eigenvalue weighted by Gasteiger charge is 2.34. The van der Waals surface area contributed by atoms with Gasteiger partial charge in [-0.2, -0.15) is 0 Å². The molecule has 0 aliphatic heterocycles. The monoisotopic (exact) mass is 339 g/mol. The molecule has 1 fully saturated rings. The standard InChI is InChI=1S/C19H15F2N3O/c20-13-6-5-12(15(21)9-13)11-24(14-7-8-14)19(25)18-10-22-16-3-1-2-4-17(16)23-18/h1-6,9-10,14H,7-8,11H2. The van der Waals surface area contributed by atoms with Crippen LogP contribution in [-0.4, -0.2) is 26.8 Å². The summed E-state index contributed by atoms with van der Waals surface area (Å²) in [6.07, 6.45) is 3.19. The molecule has 126 valence electrons. The lowest BCUT2D eigenvalue weighted by Gasteiger charge is -2.22. The topological polar surface area (TPSA) is 46.1 Å². The third-order valence-electron chi connectivity index (χ3n) is 4.27. The van der Waals surface area contributed by atoms with E-state index >= 15 is 0 Å². The first-order valence-corrected chi connectivity index (χ1v) is 8.08. The molecule has 0 atom stereocenters.